The van der Waals surface area contributed by atoms with Crippen molar-refractivity contribution in [1.82, 2.24) is 9.55 Å². The summed E-state index contributed by atoms with van der Waals surface area (Å²) in [5.41, 5.74) is -0.135. The highest BCUT2D eigenvalue weighted by Crippen LogP contribution is 2.32. The number of nitrogens with zero attached hydrogens (tertiary/aromatic N) is 1. The van der Waals surface area contributed by atoms with Crippen LogP contribution in [0.3, 0.4) is 0 Å². The molecule has 2 N–H and O–H groups in total. The molecule has 5 heteroatoms. The second kappa shape index (κ2) is 4.87. The number of aliphatic hydroxyl groups is 1. The lowest BCUT2D eigenvalue weighted by Crippen LogP contribution is -2.33. The first-order chi connectivity index (χ1) is 8.11. The Morgan fingerprint density at radius 1 is 1.41 bits per heavy atom. The van der Waals surface area contributed by atoms with Gasteiger partial charge in [0.2, 0.25) is 0 Å². The molecule has 1 aliphatic carbocycles. The Morgan fingerprint density at radius 2 is 2.12 bits per heavy atom. The second-order valence-electron chi connectivity index (χ2n) is 4.86. The first kappa shape index (κ1) is 12.1. The molecule has 2 rings (SSSR count). The highest BCUT2D eigenvalue weighted by atomic mass is 16.3. The standard InChI is InChI=1S/C12H18N2O3/c1-8-5-14(12(17)13-11(8)16)6-9-3-2-4-10(9)7-15/h5,9-10,15H,2-4,6-7H2,1H3,(H,13,16,17). The molecule has 1 heterocycles. The van der Waals surface area contributed by atoms with Gasteiger partial charge < -0.3 is 9.67 Å². The van der Waals surface area contributed by atoms with Crippen molar-refractivity contribution in [2.24, 2.45) is 11.8 Å². The van der Waals surface area contributed by atoms with Gasteiger partial charge in [-0.2, -0.15) is 0 Å². The molecule has 1 aliphatic rings. The van der Waals surface area contributed by atoms with Gasteiger partial charge in [-0.1, -0.05) is 6.42 Å². The molecule has 2 unspecified atom stereocenters. The van der Waals surface area contributed by atoms with Gasteiger partial charge in [-0.3, -0.25) is 9.78 Å². The van der Waals surface area contributed by atoms with Crippen LogP contribution in [0.1, 0.15) is 24.8 Å². The van der Waals surface area contributed by atoms with E-state index in [0.717, 1.165) is 19.3 Å². The first-order valence-corrected chi connectivity index (χ1v) is 6.03. The molecule has 17 heavy (non-hydrogen) atoms. The van der Waals surface area contributed by atoms with Crippen molar-refractivity contribution in [1.29, 1.82) is 0 Å². The van der Waals surface area contributed by atoms with E-state index in [1.165, 1.54) is 0 Å². The Hall–Kier alpha value is -1.36. The predicted octanol–water partition coefficient (Wildman–Crippen LogP) is 0.254. The minimum absolute atomic E-state index is 0.182. The Balaban J connectivity index is 2.21. The molecular formula is C12H18N2O3. The molecule has 2 atom stereocenters. The Morgan fingerprint density at radius 3 is 2.82 bits per heavy atom. The maximum atomic E-state index is 11.6. The van der Waals surface area contributed by atoms with Crippen molar-refractivity contribution in [3.05, 3.63) is 32.6 Å². The minimum Gasteiger partial charge on any atom is -0.396 e. The van der Waals surface area contributed by atoms with Gasteiger partial charge in [0.25, 0.3) is 5.56 Å². The van der Waals surface area contributed by atoms with Gasteiger partial charge in [-0.05, 0) is 31.6 Å². The average Bonchev–Trinajstić information content (AvgIpc) is 2.73. The maximum Gasteiger partial charge on any atom is 0.328 e. The molecule has 1 aromatic heterocycles. The number of hydrogen-bond donors (Lipinski definition) is 2. The molecular weight excluding hydrogens is 220 g/mol. The smallest absolute Gasteiger partial charge is 0.328 e. The third kappa shape index (κ3) is 2.49. The van der Waals surface area contributed by atoms with Crippen LogP contribution in [0, 0.1) is 18.8 Å². The maximum absolute atomic E-state index is 11.6. The van der Waals surface area contributed by atoms with Crippen LogP contribution in [0.2, 0.25) is 0 Å². The van der Waals surface area contributed by atoms with E-state index in [0.29, 0.717) is 18.0 Å². The molecule has 1 saturated carbocycles. The third-order valence-corrected chi connectivity index (χ3v) is 3.67. The molecule has 0 amide bonds. The van der Waals surface area contributed by atoms with Crippen LogP contribution in [0.25, 0.3) is 0 Å². The number of aliphatic hydroxyl groups excluding tert-OH is 1. The zero-order valence-electron chi connectivity index (χ0n) is 9.98. The number of rotatable bonds is 3. The first-order valence-electron chi connectivity index (χ1n) is 6.03. The molecule has 0 spiro atoms. The largest absolute Gasteiger partial charge is 0.396 e. The van der Waals surface area contributed by atoms with Crippen molar-refractivity contribution in [3.8, 4) is 0 Å². The lowest BCUT2D eigenvalue weighted by Gasteiger charge is -2.18. The number of aromatic amines is 1. The SMILES string of the molecule is Cc1cn(CC2CCCC2CO)c(=O)[nH]c1=O. The number of aryl methyl sites for hydroxylation is 1. The summed E-state index contributed by atoms with van der Waals surface area (Å²) in [4.78, 5) is 25.2. The molecule has 1 aromatic rings. The van der Waals surface area contributed by atoms with E-state index in [1.807, 2.05) is 0 Å². The van der Waals surface area contributed by atoms with Crippen LogP contribution in [-0.4, -0.2) is 21.3 Å². The van der Waals surface area contributed by atoms with Gasteiger partial charge >= 0.3 is 5.69 Å². The summed E-state index contributed by atoms with van der Waals surface area (Å²) in [7, 11) is 0. The number of hydrogen-bond acceptors (Lipinski definition) is 3. The Bertz CT molecular complexity index is 503. The number of nitrogens with one attached hydrogen (secondary N) is 1. The van der Waals surface area contributed by atoms with E-state index in [9.17, 15) is 14.7 Å². The molecule has 0 radical (unpaired) electrons. The van der Waals surface area contributed by atoms with Crippen molar-refractivity contribution in [2.75, 3.05) is 6.61 Å². The summed E-state index contributed by atoms with van der Waals surface area (Å²) >= 11 is 0. The highest BCUT2D eigenvalue weighted by Gasteiger charge is 2.27. The van der Waals surface area contributed by atoms with Crippen molar-refractivity contribution in [3.63, 3.8) is 0 Å². The Kier molecular flexibility index (Phi) is 3.47. The van der Waals surface area contributed by atoms with E-state index in [2.05, 4.69) is 4.98 Å². The Labute approximate surface area is 99.1 Å². The van der Waals surface area contributed by atoms with E-state index >= 15 is 0 Å². The van der Waals surface area contributed by atoms with Crippen LogP contribution in [-0.2, 0) is 6.54 Å². The molecule has 94 valence electrons. The van der Waals surface area contributed by atoms with Gasteiger partial charge in [0.15, 0.2) is 0 Å². The topological polar surface area (TPSA) is 75.1 Å². The van der Waals surface area contributed by atoms with Gasteiger partial charge in [0, 0.05) is 24.9 Å². The quantitative estimate of drug-likeness (QED) is 0.792. The number of H-pyrrole nitrogens is 1. The zero-order chi connectivity index (χ0) is 12.4. The molecule has 0 aliphatic heterocycles. The minimum atomic E-state index is -0.357. The van der Waals surface area contributed by atoms with Crippen LogP contribution in [0.5, 0.6) is 0 Å². The van der Waals surface area contributed by atoms with Gasteiger partial charge in [0.1, 0.15) is 0 Å². The molecule has 5 nitrogen and oxygen atoms in total. The van der Waals surface area contributed by atoms with E-state index in [-0.39, 0.29) is 23.8 Å². The predicted molar refractivity (Wildman–Crippen MR) is 64.0 cm³/mol. The van der Waals surface area contributed by atoms with Crippen LogP contribution in [0.4, 0.5) is 0 Å². The summed E-state index contributed by atoms with van der Waals surface area (Å²) in [5, 5.41) is 9.24. The van der Waals surface area contributed by atoms with E-state index < -0.39 is 0 Å². The molecule has 1 fully saturated rings. The van der Waals surface area contributed by atoms with Gasteiger partial charge in [-0.15, -0.1) is 0 Å². The summed E-state index contributed by atoms with van der Waals surface area (Å²) in [6.07, 6.45) is 4.77. The van der Waals surface area contributed by atoms with Gasteiger partial charge in [0.05, 0.1) is 0 Å². The fourth-order valence-electron chi connectivity index (χ4n) is 2.60. The monoisotopic (exact) mass is 238 g/mol. The summed E-state index contributed by atoms with van der Waals surface area (Å²) < 4.78 is 1.55. The molecule has 0 aromatic carbocycles. The summed E-state index contributed by atoms with van der Waals surface area (Å²) in [6, 6.07) is 0. The molecule has 0 saturated heterocycles. The van der Waals surface area contributed by atoms with Crippen LogP contribution < -0.4 is 11.2 Å². The van der Waals surface area contributed by atoms with Crippen molar-refractivity contribution < 1.29 is 5.11 Å². The lowest BCUT2D eigenvalue weighted by atomic mass is 9.97. The summed E-state index contributed by atoms with van der Waals surface area (Å²) in [6.45, 7) is 2.45. The van der Waals surface area contributed by atoms with Crippen LogP contribution >= 0.6 is 0 Å². The fourth-order valence-corrected chi connectivity index (χ4v) is 2.60. The van der Waals surface area contributed by atoms with E-state index in [4.69, 9.17) is 0 Å². The second-order valence-corrected chi connectivity index (χ2v) is 4.86. The summed E-state index contributed by atoms with van der Waals surface area (Å²) in [5.74, 6) is 0.622. The van der Waals surface area contributed by atoms with Crippen LogP contribution in [0.15, 0.2) is 15.8 Å². The lowest BCUT2D eigenvalue weighted by molar-refractivity contribution is 0.183. The van der Waals surface area contributed by atoms with Crippen molar-refractivity contribution in [2.45, 2.75) is 32.7 Å². The fraction of sp³-hybridized carbons (Fsp3) is 0.667. The van der Waals surface area contributed by atoms with Gasteiger partial charge in [-0.25, -0.2) is 4.79 Å². The molecule has 0 bridgehead atoms. The zero-order valence-corrected chi connectivity index (χ0v) is 9.98. The van der Waals surface area contributed by atoms with E-state index in [1.54, 1.807) is 17.7 Å². The number of aromatic nitrogens is 2. The average molecular weight is 238 g/mol. The highest BCUT2D eigenvalue weighted by molar-refractivity contribution is 5.01. The third-order valence-electron chi connectivity index (χ3n) is 3.67. The normalized spacial score (nSPS) is 24.1. The van der Waals surface area contributed by atoms with Crippen molar-refractivity contribution >= 4 is 0 Å².